The lowest BCUT2D eigenvalue weighted by molar-refractivity contribution is -0.00813. The fourth-order valence-electron chi connectivity index (χ4n) is 16.4. The predicted molar refractivity (Wildman–Crippen MR) is 370 cm³/mol. The third-order valence-corrected chi connectivity index (χ3v) is 24.9. The number of carbonyl (C=O) groups excluding carboxylic acids is 3. The van der Waals surface area contributed by atoms with Gasteiger partial charge in [0.25, 0.3) is 17.7 Å². The second-order valence-electron chi connectivity index (χ2n) is 27.4. The van der Waals surface area contributed by atoms with Gasteiger partial charge in [-0.25, -0.2) is 15.0 Å². The van der Waals surface area contributed by atoms with E-state index in [9.17, 15) is 14.4 Å². The predicted octanol–water partition coefficient (Wildman–Crippen LogP) is 14.0. The van der Waals surface area contributed by atoms with E-state index in [0.717, 1.165) is 101 Å². The molecule has 4 aliphatic carbocycles. The van der Waals surface area contributed by atoms with E-state index in [1.54, 1.807) is 0 Å². The van der Waals surface area contributed by atoms with Crippen LogP contribution < -0.4 is 37.2 Å². The summed E-state index contributed by atoms with van der Waals surface area (Å²) in [5.41, 5.74) is 26.2. The molecule has 17 heteroatoms. The number of pyridine rings is 3. The van der Waals surface area contributed by atoms with Crippen LogP contribution in [0.2, 0.25) is 0 Å². The molecule has 7 atom stereocenters. The van der Waals surface area contributed by atoms with Crippen molar-refractivity contribution in [1.29, 1.82) is 0 Å². The van der Waals surface area contributed by atoms with Crippen LogP contribution >= 0.6 is 34.0 Å². The van der Waals surface area contributed by atoms with Crippen molar-refractivity contribution in [2.24, 2.45) is 23.2 Å². The number of nitrogens with zero attached hydrogens (tertiary/aromatic N) is 5. The number of nitrogens with one attached hydrogen (secondary N) is 3. The first kappa shape index (κ1) is 59.8. The van der Waals surface area contributed by atoms with Crippen LogP contribution in [0.15, 0.2) is 109 Å². The molecule has 7 N–H and O–H groups in total. The molecule has 3 amide bonds. The Morgan fingerprint density at radius 3 is 1.57 bits per heavy atom. The Hall–Kier alpha value is -7.44. The minimum atomic E-state index is -0.118. The SMILES string of the molecule is Cc1ccc2c(C)c(C(=O)NCCc3ccc(C4CC45CC4CCCC5O4)cc3)sc2n1.Cc1ccc2c(N)c(C(=O)NCCc3ccc(N4C5CCCC6CC654)cc3)sc2n1.Cc1ccc2c(N)c(C(=O)NCCc3ccc(N4CC5CC(C5)C4)cc3)sc2n1. The Kier molecular flexibility index (Phi) is 15.9. The van der Waals surface area contributed by atoms with Crippen LogP contribution in [0, 0.1) is 50.9 Å². The number of hydrogen-bond donors (Lipinski definition) is 5. The van der Waals surface area contributed by atoms with Crippen molar-refractivity contribution >= 4 is 105 Å². The van der Waals surface area contributed by atoms with Crippen LogP contribution in [0.25, 0.3) is 30.6 Å². The van der Waals surface area contributed by atoms with E-state index < -0.39 is 0 Å². The number of piperidine rings is 2. The van der Waals surface area contributed by atoms with Crippen LogP contribution in [0.1, 0.15) is 150 Å². The molecular weight excluding hydrogens is 1190 g/mol. The summed E-state index contributed by atoms with van der Waals surface area (Å²) in [6.45, 7) is 12.1. The normalized spacial score (nSPS) is 25.2. The van der Waals surface area contributed by atoms with Crippen LogP contribution in [0.5, 0.6) is 0 Å². The zero-order chi connectivity index (χ0) is 62.3. The molecule has 5 aliphatic heterocycles. The van der Waals surface area contributed by atoms with Gasteiger partial charge in [-0.15, -0.1) is 34.0 Å². The van der Waals surface area contributed by atoms with E-state index >= 15 is 0 Å². The van der Waals surface area contributed by atoms with Gasteiger partial charge in [-0.05, 0) is 223 Å². The van der Waals surface area contributed by atoms with E-state index in [0.29, 0.717) is 69.8 Å². The third-order valence-electron chi connectivity index (χ3n) is 21.4. The highest BCUT2D eigenvalue weighted by Crippen LogP contribution is 2.71. The lowest BCUT2D eigenvalue weighted by Gasteiger charge is -2.48. The van der Waals surface area contributed by atoms with E-state index in [2.05, 4.69) is 120 Å². The van der Waals surface area contributed by atoms with Gasteiger partial charge in [0.05, 0.1) is 40.0 Å². The number of carbonyl (C=O) groups is 3. The molecule has 18 rings (SSSR count). The molecule has 9 aliphatic rings. The third kappa shape index (κ3) is 11.6. The summed E-state index contributed by atoms with van der Waals surface area (Å²) in [6, 6.07) is 39.4. The van der Waals surface area contributed by atoms with E-state index in [1.165, 1.54) is 151 Å². The number of thiophene rings is 3. The van der Waals surface area contributed by atoms with Gasteiger partial charge in [0.2, 0.25) is 0 Å². The summed E-state index contributed by atoms with van der Waals surface area (Å²) in [5, 5.41) is 11.9. The van der Waals surface area contributed by atoms with Crippen LogP contribution in [0.3, 0.4) is 0 Å². The molecule has 470 valence electrons. The number of aromatic nitrogens is 3. The largest absolute Gasteiger partial charge is 0.397 e. The number of aryl methyl sites for hydroxylation is 4. The Morgan fingerprint density at radius 1 is 0.549 bits per heavy atom. The van der Waals surface area contributed by atoms with Crippen molar-refractivity contribution < 1.29 is 19.1 Å². The molecule has 91 heavy (non-hydrogen) atoms. The molecular formula is C74H82N10O4S3. The first-order valence-electron chi connectivity index (χ1n) is 33.2. The maximum absolute atomic E-state index is 12.8. The molecule has 9 aromatic rings. The van der Waals surface area contributed by atoms with Crippen molar-refractivity contribution in [3.8, 4) is 0 Å². The molecule has 4 bridgehead atoms. The molecule has 6 aromatic heterocycles. The number of anilines is 4. The van der Waals surface area contributed by atoms with Gasteiger partial charge in [-0.3, -0.25) is 14.4 Å². The van der Waals surface area contributed by atoms with Crippen molar-refractivity contribution in [3.05, 3.63) is 169 Å². The zero-order valence-electron chi connectivity index (χ0n) is 52.6. The second kappa shape index (κ2) is 24.2. The summed E-state index contributed by atoms with van der Waals surface area (Å²) < 4.78 is 6.25. The highest BCUT2D eigenvalue weighted by atomic mass is 32.1. The van der Waals surface area contributed by atoms with Gasteiger partial charge in [0.15, 0.2) is 0 Å². The van der Waals surface area contributed by atoms with E-state index in [4.69, 9.17) is 16.2 Å². The van der Waals surface area contributed by atoms with Gasteiger partial charge < -0.3 is 42.0 Å². The Morgan fingerprint density at radius 2 is 1.03 bits per heavy atom. The standard InChI is InChI=1S/C27H30N2O2S.C24H26N4OS.C23H26N4OS/c1-16-6-11-21-17(2)24(32-26(21)29-16)25(30)28-13-12-18-7-9-19(10-8-18)22-15-27(22)14-20-4-3-5-23(27)31-20;1-14-5-10-18-20(25)21(30-23(18)27-14)22(29)26-12-11-15-6-8-17(9-7-15)28-19-4-2-3-16-13-24(16,19)28;1-14-2-7-19-20(24)21(29-23(19)26-14)22(28)25-9-8-15-3-5-18(6-4-15)27-12-16-10-17(11-16)13-27/h6-11,20,22-23H,3-5,12-15H2,1-2H3,(H,28,30);5-10,16,19H,2-4,11-13,25H2,1H3,(H,26,29);2-7,16-17H,8-13,24H2,1H3,(H,25,28). The second-order valence-corrected chi connectivity index (χ2v) is 30.4. The molecule has 0 radical (unpaired) electrons. The average molecular weight is 1270 g/mol. The number of rotatable bonds is 15. The van der Waals surface area contributed by atoms with E-state index in [-0.39, 0.29) is 17.7 Å². The monoisotopic (exact) mass is 1270 g/mol. The van der Waals surface area contributed by atoms with Gasteiger partial charge in [-0.1, -0.05) is 55.0 Å². The molecule has 11 heterocycles. The van der Waals surface area contributed by atoms with Gasteiger partial charge in [0.1, 0.15) is 24.2 Å². The van der Waals surface area contributed by atoms with Gasteiger partial charge >= 0.3 is 0 Å². The number of nitrogens with two attached hydrogens (primary N) is 2. The minimum Gasteiger partial charge on any atom is -0.397 e. The topological polar surface area (TPSA) is 193 Å². The number of fused-ring (bicyclic) bond motifs is 8. The van der Waals surface area contributed by atoms with Crippen molar-refractivity contribution in [2.45, 2.75) is 147 Å². The fraction of sp³-hybridized carbons (Fsp3) is 0.432. The molecule has 9 fully saturated rings. The average Bonchev–Trinajstić information content (AvgIpc) is 1.47. The minimum absolute atomic E-state index is 0.00652. The quantitative estimate of drug-likeness (QED) is 0.0613. The lowest BCUT2D eigenvalue weighted by Crippen LogP contribution is -2.48. The number of amides is 3. The summed E-state index contributed by atoms with van der Waals surface area (Å²) in [6.07, 6.45) is 18.3. The maximum atomic E-state index is 12.8. The number of benzene rings is 3. The number of nitrogen functional groups attached to an aromatic ring is 2. The molecule has 14 nitrogen and oxygen atoms in total. The Balaban J connectivity index is 0.000000114. The summed E-state index contributed by atoms with van der Waals surface area (Å²) in [7, 11) is 0. The summed E-state index contributed by atoms with van der Waals surface area (Å²) in [4.78, 5) is 61.2. The Labute approximate surface area is 545 Å². The summed E-state index contributed by atoms with van der Waals surface area (Å²) in [5.74, 6) is 3.22. The van der Waals surface area contributed by atoms with Crippen molar-refractivity contribution in [3.63, 3.8) is 0 Å². The van der Waals surface area contributed by atoms with Crippen LogP contribution in [-0.2, 0) is 24.0 Å². The smallest absolute Gasteiger partial charge is 0.263 e. The van der Waals surface area contributed by atoms with Gasteiger partial charge in [0, 0.05) is 82.8 Å². The molecule has 2 spiro atoms. The molecule has 7 unspecified atom stereocenters. The first-order chi connectivity index (χ1) is 44.2. The Bertz CT molecular complexity index is 4240. The first-order valence-corrected chi connectivity index (χ1v) is 35.6. The highest BCUT2D eigenvalue weighted by Gasteiger charge is 2.77. The van der Waals surface area contributed by atoms with Crippen molar-refractivity contribution in [1.82, 2.24) is 30.9 Å². The molecule has 3 aromatic carbocycles. The molecule has 4 saturated carbocycles. The fourth-order valence-corrected chi connectivity index (χ4v) is 19.6. The zero-order valence-corrected chi connectivity index (χ0v) is 55.1. The number of hydrogen-bond acceptors (Lipinski definition) is 14. The van der Waals surface area contributed by atoms with Crippen molar-refractivity contribution in [2.75, 3.05) is 54.0 Å². The maximum Gasteiger partial charge on any atom is 0.263 e. The van der Waals surface area contributed by atoms with E-state index in [1.807, 2.05) is 58.0 Å². The number of ether oxygens (including phenoxy) is 1. The van der Waals surface area contributed by atoms with Crippen LogP contribution in [0.4, 0.5) is 22.7 Å². The highest BCUT2D eigenvalue weighted by molar-refractivity contribution is 7.21. The summed E-state index contributed by atoms with van der Waals surface area (Å²) >= 11 is 4.21. The van der Waals surface area contributed by atoms with Gasteiger partial charge in [-0.2, -0.15) is 0 Å². The molecule has 5 saturated heterocycles. The lowest BCUT2D eigenvalue weighted by atomic mass is 9.71. The van der Waals surface area contributed by atoms with Crippen LogP contribution in [-0.4, -0.2) is 89.2 Å².